The molecular formula is C6H6O3. The Labute approximate surface area is 52.2 Å². The molecule has 9 heavy (non-hydrogen) atoms. The van der Waals surface area contributed by atoms with Crippen LogP contribution in [0.3, 0.4) is 0 Å². The molecular weight excluding hydrogens is 120 g/mol. The van der Waals surface area contributed by atoms with Gasteiger partial charge in [-0.05, 0) is 0 Å². The van der Waals surface area contributed by atoms with Crippen LogP contribution in [0.4, 0.5) is 0 Å². The topological polar surface area (TPSA) is 38.7 Å². The Hall–Kier alpha value is -1.12. The van der Waals surface area contributed by atoms with Crippen molar-refractivity contribution in [2.45, 2.75) is 6.42 Å². The van der Waals surface area contributed by atoms with Gasteiger partial charge >= 0.3 is 0 Å². The van der Waals surface area contributed by atoms with Gasteiger partial charge in [-0.2, -0.15) is 0 Å². The molecule has 0 unspecified atom stereocenters. The van der Waals surface area contributed by atoms with Crippen molar-refractivity contribution in [2.75, 3.05) is 6.79 Å². The summed E-state index contributed by atoms with van der Waals surface area (Å²) in [5.41, 5.74) is 0. The van der Waals surface area contributed by atoms with E-state index in [4.69, 9.17) is 14.6 Å². The van der Waals surface area contributed by atoms with E-state index in [2.05, 4.69) is 0 Å². The van der Waals surface area contributed by atoms with Crippen LogP contribution in [0.1, 0.15) is 6.42 Å². The maximum Gasteiger partial charge on any atom is 0.230 e. The number of ether oxygens (including phenoxy) is 2. The van der Waals surface area contributed by atoms with Crippen molar-refractivity contribution in [1.82, 2.24) is 0 Å². The second-order valence-electron chi connectivity index (χ2n) is 2.01. The van der Waals surface area contributed by atoms with Crippen molar-refractivity contribution in [3.63, 3.8) is 0 Å². The molecule has 2 rings (SSSR count). The molecule has 1 aliphatic carbocycles. The molecule has 1 heterocycles. The second kappa shape index (κ2) is 1.43. The minimum atomic E-state index is 0.300. The second-order valence-corrected chi connectivity index (χ2v) is 2.01. The maximum atomic E-state index is 8.89. The molecule has 0 bridgehead atoms. The lowest BCUT2D eigenvalue weighted by atomic mass is 10.4. The molecule has 1 N–H and O–H groups in total. The fraction of sp³-hybridized carbons (Fsp3) is 0.333. The predicted octanol–water partition coefficient (Wildman–Crippen LogP) is 1.05. The summed E-state index contributed by atoms with van der Waals surface area (Å²) in [6.45, 7) is 0.300. The number of hydrogen-bond acceptors (Lipinski definition) is 3. The first-order chi connectivity index (χ1) is 4.36. The zero-order valence-corrected chi connectivity index (χ0v) is 4.76. The number of rotatable bonds is 0. The first-order valence-corrected chi connectivity index (χ1v) is 2.74. The van der Waals surface area contributed by atoms with Gasteiger partial charge in [-0.15, -0.1) is 0 Å². The van der Waals surface area contributed by atoms with Gasteiger partial charge in [0.2, 0.25) is 6.79 Å². The van der Waals surface area contributed by atoms with Gasteiger partial charge < -0.3 is 14.6 Å². The lowest BCUT2D eigenvalue weighted by molar-refractivity contribution is 0.0688. The quantitative estimate of drug-likeness (QED) is 0.527. The van der Waals surface area contributed by atoms with Crippen LogP contribution in [-0.2, 0) is 9.47 Å². The predicted molar refractivity (Wildman–Crippen MR) is 29.4 cm³/mol. The highest BCUT2D eigenvalue weighted by atomic mass is 16.7. The van der Waals surface area contributed by atoms with Crippen molar-refractivity contribution in [2.24, 2.45) is 0 Å². The van der Waals surface area contributed by atoms with Crippen LogP contribution >= 0.6 is 0 Å². The third-order valence-electron chi connectivity index (χ3n) is 1.36. The largest absolute Gasteiger partial charge is 0.512 e. The molecule has 48 valence electrons. The van der Waals surface area contributed by atoms with Crippen LogP contribution < -0.4 is 0 Å². The fourth-order valence-corrected chi connectivity index (χ4v) is 0.943. The van der Waals surface area contributed by atoms with E-state index < -0.39 is 0 Å². The van der Waals surface area contributed by atoms with E-state index in [9.17, 15) is 0 Å². The zero-order valence-electron chi connectivity index (χ0n) is 4.76. The number of hydrogen-bond donors (Lipinski definition) is 1. The highest BCUT2D eigenvalue weighted by Crippen LogP contribution is 2.29. The monoisotopic (exact) mass is 126 g/mol. The van der Waals surface area contributed by atoms with Gasteiger partial charge in [0, 0.05) is 6.08 Å². The molecule has 0 aromatic carbocycles. The molecule has 3 nitrogen and oxygen atoms in total. The Morgan fingerprint density at radius 3 is 3.11 bits per heavy atom. The van der Waals surface area contributed by atoms with Gasteiger partial charge in [-0.1, -0.05) is 0 Å². The Bertz CT molecular complexity index is 202. The Morgan fingerprint density at radius 2 is 2.33 bits per heavy atom. The molecule has 0 aromatic heterocycles. The third kappa shape index (κ3) is 0.575. The summed E-state index contributed by atoms with van der Waals surface area (Å²) < 4.78 is 9.96. The standard InChI is InChI=1S/C6H6O3/c7-4-1-5-6(2-4)9-3-8-5/h1,7H,2-3H2. The molecule has 0 aromatic rings. The SMILES string of the molecule is OC1=CC2=C(C1)OCO2. The molecule has 0 atom stereocenters. The fourth-order valence-electron chi connectivity index (χ4n) is 0.943. The first kappa shape index (κ1) is 4.73. The van der Waals surface area contributed by atoms with Crippen LogP contribution in [0.25, 0.3) is 0 Å². The van der Waals surface area contributed by atoms with Gasteiger partial charge in [0.1, 0.15) is 5.76 Å². The Balaban J connectivity index is 2.28. The molecule has 0 fully saturated rings. The number of aliphatic hydroxyl groups is 1. The van der Waals surface area contributed by atoms with Crippen molar-refractivity contribution in [3.8, 4) is 0 Å². The van der Waals surface area contributed by atoms with Crippen LogP contribution in [0.2, 0.25) is 0 Å². The molecule has 2 aliphatic rings. The third-order valence-corrected chi connectivity index (χ3v) is 1.36. The van der Waals surface area contributed by atoms with Gasteiger partial charge in [-0.3, -0.25) is 0 Å². The molecule has 0 saturated heterocycles. The van der Waals surface area contributed by atoms with E-state index in [0.717, 1.165) is 5.76 Å². The first-order valence-electron chi connectivity index (χ1n) is 2.74. The van der Waals surface area contributed by atoms with Gasteiger partial charge in [-0.25, -0.2) is 0 Å². The Kier molecular flexibility index (Phi) is 0.754. The minimum Gasteiger partial charge on any atom is -0.512 e. The summed E-state index contributed by atoms with van der Waals surface area (Å²) in [6, 6.07) is 0. The summed E-state index contributed by atoms with van der Waals surface area (Å²) in [5, 5.41) is 8.89. The molecule has 0 amide bonds. The highest BCUT2D eigenvalue weighted by molar-refractivity contribution is 5.30. The van der Waals surface area contributed by atoms with E-state index >= 15 is 0 Å². The zero-order chi connectivity index (χ0) is 6.27. The van der Waals surface area contributed by atoms with Gasteiger partial charge in [0.15, 0.2) is 11.5 Å². The van der Waals surface area contributed by atoms with E-state index in [1.54, 1.807) is 6.08 Å². The van der Waals surface area contributed by atoms with Gasteiger partial charge in [0.25, 0.3) is 0 Å². The molecule has 3 heteroatoms. The number of aliphatic hydroxyl groups excluding tert-OH is 1. The number of allylic oxidation sites excluding steroid dienone is 1. The van der Waals surface area contributed by atoms with E-state index in [-0.39, 0.29) is 0 Å². The summed E-state index contributed by atoms with van der Waals surface area (Å²) in [7, 11) is 0. The van der Waals surface area contributed by atoms with E-state index in [1.807, 2.05) is 0 Å². The molecule has 1 aliphatic heterocycles. The van der Waals surface area contributed by atoms with Crippen LogP contribution in [0.5, 0.6) is 0 Å². The van der Waals surface area contributed by atoms with Crippen LogP contribution in [0, 0.1) is 0 Å². The van der Waals surface area contributed by atoms with Crippen LogP contribution in [-0.4, -0.2) is 11.9 Å². The molecule has 0 spiro atoms. The van der Waals surface area contributed by atoms with Crippen molar-refractivity contribution in [1.29, 1.82) is 0 Å². The lowest BCUT2D eigenvalue weighted by Crippen LogP contribution is -1.87. The molecule has 0 radical (unpaired) electrons. The van der Waals surface area contributed by atoms with Crippen LogP contribution in [0.15, 0.2) is 23.4 Å². The highest BCUT2D eigenvalue weighted by Gasteiger charge is 2.22. The van der Waals surface area contributed by atoms with Gasteiger partial charge in [0.05, 0.1) is 6.42 Å². The smallest absolute Gasteiger partial charge is 0.230 e. The van der Waals surface area contributed by atoms with Crippen molar-refractivity contribution >= 4 is 0 Å². The normalized spacial score (nSPS) is 22.9. The summed E-state index contributed by atoms with van der Waals surface area (Å²) in [4.78, 5) is 0. The minimum absolute atomic E-state index is 0.300. The summed E-state index contributed by atoms with van der Waals surface area (Å²) >= 11 is 0. The summed E-state index contributed by atoms with van der Waals surface area (Å²) in [6.07, 6.45) is 2.08. The van der Waals surface area contributed by atoms with Crippen molar-refractivity contribution < 1.29 is 14.6 Å². The Morgan fingerprint density at radius 1 is 1.44 bits per heavy atom. The average molecular weight is 126 g/mol. The van der Waals surface area contributed by atoms with Crippen molar-refractivity contribution in [3.05, 3.63) is 23.4 Å². The van der Waals surface area contributed by atoms with E-state index in [1.165, 1.54) is 0 Å². The lowest BCUT2D eigenvalue weighted by Gasteiger charge is -1.96. The van der Waals surface area contributed by atoms with E-state index in [0.29, 0.717) is 24.7 Å². The maximum absolute atomic E-state index is 8.89. The molecule has 0 saturated carbocycles. The summed E-state index contributed by atoms with van der Waals surface area (Å²) in [5.74, 6) is 1.76. The average Bonchev–Trinajstić information content (AvgIpc) is 2.22.